The average Bonchev–Trinajstić information content (AvgIpc) is 2.39. The van der Waals surface area contributed by atoms with Crippen LogP contribution in [0.3, 0.4) is 0 Å². The molecule has 1 N–H and O–H groups in total. The van der Waals surface area contributed by atoms with Gasteiger partial charge in [-0.15, -0.1) is 0 Å². The van der Waals surface area contributed by atoms with Crippen molar-refractivity contribution < 1.29 is 9.84 Å². The molecule has 0 aromatic rings. The first-order chi connectivity index (χ1) is 8.29. The van der Waals surface area contributed by atoms with Crippen LogP contribution in [0.2, 0.25) is 0 Å². The van der Waals surface area contributed by atoms with E-state index in [9.17, 15) is 5.11 Å². The van der Waals surface area contributed by atoms with Crippen molar-refractivity contribution in [3.8, 4) is 0 Å². The lowest BCUT2D eigenvalue weighted by molar-refractivity contribution is -0.0835. The van der Waals surface area contributed by atoms with Gasteiger partial charge in [0.05, 0.1) is 12.2 Å². The van der Waals surface area contributed by atoms with Gasteiger partial charge in [-0.1, -0.05) is 32.6 Å². The third kappa shape index (κ3) is 3.96. The van der Waals surface area contributed by atoms with Crippen LogP contribution in [0.15, 0.2) is 0 Å². The molecule has 17 heavy (non-hydrogen) atoms. The van der Waals surface area contributed by atoms with Crippen LogP contribution in [0.4, 0.5) is 0 Å². The molecule has 0 amide bonds. The minimum atomic E-state index is -0.207. The Morgan fingerprint density at radius 1 is 1.00 bits per heavy atom. The lowest BCUT2D eigenvalue weighted by atomic mass is 9.83. The smallest absolute Gasteiger partial charge is 0.0836 e. The van der Waals surface area contributed by atoms with E-state index in [-0.39, 0.29) is 12.2 Å². The summed E-state index contributed by atoms with van der Waals surface area (Å²) >= 11 is 0. The molecule has 0 spiro atoms. The first kappa shape index (κ1) is 13.4. The first-order valence-corrected chi connectivity index (χ1v) is 7.59. The zero-order chi connectivity index (χ0) is 12.1. The molecule has 2 saturated carbocycles. The number of aliphatic hydroxyl groups is 1. The SMILES string of the molecule is CCC1CCC(O)C(OCC2CCCCC2)C1. The number of rotatable bonds is 4. The third-order valence-corrected chi connectivity index (χ3v) is 4.71. The van der Waals surface area contributed by atoms with Crippen molar-refractivity contribution in [1.82, 2.24) is 0 Å². The zero-order valence-corrected chi connectivity index (χ0v) is 11.2. The van der Waals surface area contributed by atoms with Crippen LogP contribution in [0, 0.1) is 11.8 Å². The molecule has 2 aliphatic carbocycles. The Hall–Kier alpha value is -0.0800. The van der Waals surface area contributed by atoms with Gasteiger partial charge in [-0.05, 0) is 43.9 Å². The number of hydrogen-bond donors (Lipinski definition) is 1. The maximum atomic E-state index is 9.99. The number of aliphatic hydroxyl groups excluding tert-OH is 1. The first-order valence-electron chi connectivity index (χ1n) is 7.59. The van der Waals surface area contributed by atoms with Crippen LogP contribution >= 0.6 is 0 Å². The average molecular weight is 240 g/mol. The molecule has 2 rings (SSSR count). The molecule has 0 bridgehead atoms. The predicted octanol–water partition coefficient (Wildman–Crippen LogP) is 3.52. The Bertz CT molecular complexity index is 211. The molecule has 0 saturated heterocycles. The van der Waals surface area contributed by atoms with E-state index in [0.717, 1.165) is 31.3 Å². The van der Waals surface area contributed by atoms with Crippen molar-refractivity contribution in [2.45, 2.75) is 76.9 Å². The van der Waals surface area contributed by atoms with E-state index in [1.54, 1.807) is 0 Å². The van der Waals surface area contributed by atoms with Crippen LogP contribution in [0.1, 0.15) is 64.7 Å². The van der Waals surface area contributed by atoms with Gasteiger partial charge in [0.1, 0.15) is 0 Å². The highest BCUT2D eigenvalue weighted by Crippen LogP contribution is 2.30. The third-order valence-electron chi connectivity index (χ3n) is 4.71. The summed E-state index contributed by atoms with van der Waals surface area (Å²) in [5.74, 6) is 1.53. The van der Waals surface area contributed by atoms with Gasteiger partial charge in [0, 0.05) is 6.61 Å². The zero-order valence-electron chi connectivity index (χ0n) is 11.2. The Balaban J connectivity index is 1.72. The van der Waals surface area contributed by atoms with Crippen LogP contribution < -0.4 is 0 Å². The topological polar surface area (TPSA) is 29.5 Å². The normalized spacial score (nSPS) is 36.0. The van der Waals surface area contributed by atoms with E-state index < -0.39 is 0 Å². The van der Waals surface area contributed by atoms with Crippen molar-refractivity contribution in [3.63, 3.8) is 0 Å². The molecule has 2 fully saturated rings. The monoisotopic (exact) mass is 240 g/mol. The van der Waals surface area contributed by atoms with Gasteiger partial charge in [0.2, 0.25) is 0 Å². The minimum Gasteiger partial charge on any atom is -0.390 e. The Labute approximate surface area is 106 Å². The van der Waals surface area contributed by atoms with Gasteiger partial charge in [-0.2, -0.15) is 0 Å². The van der Waals surface area contributed by atoms with E-state index >= 15 is 0 Å². The Morgan fingerprint density at radius 2 is 1.76 bits per heavy atom. The summed E-state index contributed by atoms with van der Waals surface area (Å²) in [6.45, 7) is 3.14. The van der Waals surface area contributed by atoms with Crippen molar-refractivity contribution >= 4 is 0 Å². The second-order valence-electron chi connectivity index (χ2n) is 6.03. The van der Waals surface area contributed by atoms with Crippen molar-refractivity contribution in [1.29, 1.82) is 0 Å². The molecular weight excluding hydrogens is 212 g/mol. The highest BCUT2D eigenvalue weighted by atomic mass is 16.5. The summed E-state index contributed by atoms with van der Waals surface area (Å²) in [6, 6.07) is 0. The Morgan fingerprint density at radius 3 is 2.47 bits per heavy atom. The van der Waals surface area contributed by atoms with Gasteiger partial charge in [0.15, 0.2) is 0 Å². The molecule has 2 nitrogen and oxygen atoms in total. The van der Waals surface area contributed by atoms with Crippen LogP contribution in [-0.2, 0) is 4.74 Å². The second-order valence-corrected chi connectivity index (χ2v) is 6.03. The fraction of sp³-hybridized carbons (Fsp3) is 1.00. The van der Waals surface area contributed by atoms with E-state index in [4.69, 9.17) is 4.74 Å². The number of ether oxygens (including phenoxy) is 1. The summed E-state index contributed by atoms with van der Waals surface area (Å²) in [5.41, 5.74) is 0. The van der Waals surface area contributed by atoms with Crippen LogP contribution in [0.25, 0.3) is 0 Å². The molecular formula is C15H28O2. The lowest BCUT2D eigenvalue weighted by Gasteiger charge is -2.34. The molecule has 0 aliphatic heterocycles. The van der Waals surface area contributed by atoms with Gasteiger partial charge in [-0.3, -0.25) is 0 Å². The largest absolute Gasteiger partial charge is 0.390 e. The Kier molecular flexibility index (Phi) is 5.30. The maximum Gasteiger partial charge on any atom is 0.0836 e. The summed E-state index contributed by atoms with van der Waals surface area (Å²) in [6.07, 6.45) is 11.2. The summed E-state index contributed by atoms with van der Waals surface area (Å²) in [5, 5.41) is 9.99. The van der Waals surface area contributed by atoms with Crippen molar-refractivity contribution in [2.75, 3.05) is 6.61 Å². The summed E-state index contributed by atoms with van der Waals surface area (Å²) in [7, 11) is 0. The van der Waals surface area contributed by atoms with E-state index in [0.29, 0.717) is 0 Å². The highest BCUT2D eigenvalue weighted by molar-refractivity contribution is 4.80. The molecule has 100 valence electrons. The molecule has 2 heteroatoms. The summed E-state index contributed by atoms with van der Waals surface area (Å²) < 4.78 is 6.02. The second kappa shape index (κ2) is 6.75. The summed E-state index contributed by atoms with van der Waals surface area (Å²) in [4.78, 5) is 0. The quantitative estimate of drug-likeness (QED) is 0.814. The van der Waals surface area contributed by atoms with Gasteiger partial charge in [0.25, 0.3) is 0 Å². The molecule has 0 aromatic heterocycles. The van der Waals surface area contributed by atoms with Gasteiger partial charge >= 0.3 is 0 Å². The van der Waals surface area contributed by atoms with Crippen molar-refractivity contribution in [3.05, 3.63) is 0 Å². The maximum absolute atomic E-state index is 9.99. The van der Waals surface area contributed by atoms with E-state index in [1.165, 1.54) is 44.9 Å². The molecule has 3 unspecified atom stereocenters. The molecule has 0 aromatic carbocycles. The standard InChI is InChI=1S/C15H28O2/c1-2-12-8-9-14(16)15(10-12)17-11-13-6-4-3-5-7-13/h12-16H,2-11H2,1H3. The molecule has 3 atom stereocenters. The highest BCUT2D eigenvalue weighted by Gasteiger charge is 2.29. The predicted molar refractivity (Wildman–Crippen MR) is 70.0 cm³/mol. The van der Waals surface area contributed by atoms with E-state index in [2.05, 4.69) is 6.92 Å². The fourth-order valence-corrected chi connectivity index (χ4v) is 3.36. The van der Waals surface area contributed by atoms with Crippen LogP contribution in [0.5, 0.6) is 0 Å². The number of hydrogen-bond acceptors (Lipinski definition) is 2. The van der Waals surface area contributed by atoms with Crippen molar-refractivity contribution in [2.24, 2.45) is 11.8 Å². The minimum absolute atomic E-state index is 0.121. The van der Waals surface area contributed by atoms with E-state index in [1.807, 2.05) is 0 Å². The van der Waals surface area contributed by atoms with Crippen LogP contribution in [-0.4, -0.2) is 23.9 Å². The fourth-order valence-electron chi connectivity index (χ4n) is 3.36. The van der Waals surface area contributed by atoms with Gasteiger partial charge in [-0.25, -0.2) is 0 Å². The lowest BCUT2D eigenvalue weighted by Crippen LogP contribution is -2.37. The molecule has 2 aliphatic rings. The van der Waals surface area contributed by atoms with Gasteiger partial charge < -0.3 is 9.84 Å². The molecule has 0 radical (unpaired) electrons. The molecule has 0 heterocycles.